The number of rotatable bonds is 2. The maximum atomic E-state index is 13.0. The van der Waals surface area contributed by atoms with Crippen LogP contribution in [0.3, 0.4) is 0 Å². The lowest BCUT2D eigenvalue weighted by Crippen LogP contribution is -2.35. The summed E-state index contributed by atoms with van der Waals surface area (Å²) < 4.78 is 44.2. The van der Waals surface area contributed by atoms with E-state index < -0.39 is 29.0 Å². The summed E-state index contributed by atoms with van der Waals surface area (Å²) in [6.45, 7) is 5.04. The number of carbonyl (C=O) groups excluding carboxylic acids is 1. The Kier molecular flexibility index (Phi) is 4.86. The van der Waals surface area contributed by atoms with Crippen LogP contribution in [0.2, 0.25) is 0 Å². The minimum absolute atomic E-state index is 0.0588. The number of benzene rings is 1. The topological polar surface area (TPSA) is 64.3 Å². The number of anilines is 1. The van der Waals surface area contributed by atoms with Gasteiger partial charge in [-0.05, 0) is 51.3 Å². The lowest BCUT2D eigenvalue weighted by molar-refractivity contribution is -0.137. The monoisotopic (exact) mass is 344 g/mol. The standard InChI is InChI=1S/C17H23F3N2O2/c1-15(2,3)24-14(23)22-13-10-11(17(18,19)20)6-7-12(13)16(21)8-4-5-9-16/h6-7,10H,4-5,8-9,21H2,1-3H3,(H,22,23). The van der Waals surface area contributed by atoms with E-state index in [0.29, 0.717) is 18.4 Å². The fraction of sp³-hybridized carbons (Fsp3) is 0.588. The van der Waals surface area contributed by atoms with Crippen molar-refractivity contribution < 1.29 is 22.7 Å². The Morgan fingerprint density at radius 3 is 2.29 bits per heavy atom. The van der Waals surface area contributed by atoms with Gasteiger partial charge in [-0.15, -0.1) is 0 Å². The number of ether oxygens (including phenoxy) is 1. The maximum absolute atomic E-state index is 13.0. The van der Waals surface area contributed by atoms with Crippen LogP contribution in [0.1, 0.15) is 57.6 Å². The van der Waals surface area contributed by atoms with Crippen molar-refractivity contribution in [1.29, 1.82) is 0 Å². The molecule has 24 heavy (non-hydrogen) atoms. The number of amides is 1. The Morgan fingerprint density at radius 1 is 1.21 bits per heavy atom. The second-order valence-corrected chi connectivity index (χ2v) is 7.25. The molecular formula is C17H23F3N2O2. The lowest BCUT2D eigenvalue weighted by atomic mass is 9.87. The van der Waals surface area contributed by atoms with Crippen LogP contribution < -0.4 is 11.1 Å². The fourth-order valence-electron chi connectivity index (χ4n) is 2.95. The Morgan fingerprint density at radius 2 is 1.79 bits per heavy atom. The molecule has 0 radical (unpaired) electrons. The number of carbonyl (C=O) groups is 1. The average molecular weight is 344 g/mol. The van der Waals surface area contributed by atoms with Gasteiger partial charge >= 0.3 is 12.3 Å². The highest BCUT2D eigenvalue weighted by Crippen LogP contribution is 2.42. The minimum atomic E-state index is -4.50. The van der Waals surface area contributed by atoms with Gasteiger partial charge in [0.2, 0.25) is 0 Å². The van der Waals surface area contributed by atoms with Gasteiger partial charge < -0.3 is 10.5 Å². The maximum Gasteiger partial charge on any atom is 0.416 e. The summed E-state index contributed by atoms with van der Waals surface area (Å²) in [5, 5.41) is 2.44. The molecule has 1 amide bonds. The molecule has 3 N–H and O–H groups in total. The number of hydrogen-bond donors (Lipinski definition) is 2. The number of hydrogen-bond acceptors (Lipinski definition) is 3. The third-order valence-corrected chi connectivity index (χ3v) is 4.01. The molecule has 1 aromatic rings. The number of halogens is 3. The third-order valence-electron chi connectivity index (χ3n) is 4.01. The molecule has 1 aliphatic rings. The van der Waals surface area contributed by atoms with Crippen LogP contribution in [-0.2, 0) is 16.5 Å². The van der Waals surface area contributed by atoms with Gasteiger partial charge in [0, 0.05) is 11.2 Å². The molecule has 0 aliphatic heterocycles. The molecular weight excluding hydrogens is 321 g/mol. The zero-order valence-electron chi connectivity index (χ0n) is 14.1. The Hall–Kier alpha value is -1.76. The van der Waals surface area contributed by atoms with E-state index in [1.165, 1.54) is 6.07 Å². The summed E-state index contributed by atoms with van der Waals surface area (Å²) in [7, 11) is 0. The summed E-state index contributed by atoms with van der Waals surface area (Å²) in [5.41, 5.74) is 4.63. The van der Waals surface area contributed by atoms with Crippen molar-refractivity contribution in [2.75, 3.05) is 5.32 Å². The van der Waals surface area contributed by atoms with Gasteiger partial charge in [0.15, 0.2) is 0 Å². The van der Waals surface area contributed by atoms with Gasteiger partial charge in [-0.3, -0.25) is 5.32 Å². The second kappa shape index (κ2) is 6.27. The molecule has 1 aromatic carbocycles. The molecule has 0 bridgehead atoms. The fourth-order valence-corrected chi connectivity index (χ4v) is 2.95. The number of nitrogens with one attached hydrogen (secondary N) is 1. The molecule has 7 heteroatoms. The predicted octanol–water partition coefficient (Wildman–Crippen LogP) is 4.78. The van der Waals surface area contributed by atoms with E-state index >= 15 is 0 Å². The van der Waals surface area contributed by atoms with Crippen molar-refractivity contribution in [3.63, 3.8) is 0 Å². The van der Waals surface area contributed by atoms with Crippen molar-refractivity contribution >= 4 is 11.8 Å². The molecule has 0 saturated heterocycles. The Balaban J connectivity index is 2.39. The molecule has 0 unspecified atom stereocenters. The molecule has 0 aromatic heterocycles. The largest absolute Gasteiger partial charge is 0.444 e. The summed E-state index contributed by atoms with van der Waals surface area (Å²) in [5.74, 6) is 0. The highest BCUT2D eigenvalue weighted by atomic mass is 19.4. The molecule has 1 fully saturated rings. The molecule has 1 saturated carbocycles. The van der Waals surface area contributed by atoms with E-state index in [-0.39, 0.29) is 5.69 Å². The van der Waals surface area contributed by atoms with E-state index in [1.54, 1.807) is 20.8 Å². The number of alkyl halides is 3. The zero-order valence-corrected chi connectivity index (χ0v) is 14.1. The first-order chi connectivity index (χ1) is 10.9. The van der Waals surface area contributed by atoms with Gasteiger partial charge in [0.1, 0.15) is 5.60 Å². The van der Waals surface area contributed by atoms with Crippen LogP contribution in [0.25, 0.3) is 0 Å². The average Bonchev–Trinajstić information content (AvgIpc) is 2.83. The van der Waals surface area contributed by atoms with Gasteiger partial charge in [-0.2, -0.15) is 13.2 Å². The molecule has 0 atom stereocenters. The molecule has 4 nitrogen and oxygen atoms in total. The second-order valence-electron chi connectivity index (χ2n) is 7.25. The highest BCUT2D eigenvalue weighted by molar-refractivity contribution is 5.86. The zero-order chi connectivity index (χ0) is 18.2. The SMILES string of the molecule is CC(C)(C)OC(=O)Nc1cc(C(F)(F)F)ccc1C1(N)CCCC1. The first-order valence-electron chi connectivity index (χ1n) is 7.91. The van der Waals surface area contributed by atoms with Crippen molar-refractivity contribution in [2.24, 2.45) is 5.73 Å². The number of nitrogens with two attached hydrogens (primary N) is 1. The van der Waals surface area contributed by atoms with E-state index in [2.05, 4.69) is 5.32 Å². The highest BCUT2D eigenvalue weighted by Gasteiger charge is 2.37. The van der Waals surface area contributed by atoms with Crippen LogP contribution >= 0.6 is 0 Å². The van der Waals surface area contributed by atoms with Crippen molar-refractivity contribution in [1.82, 2.24) is 0 Å². The summed E-state index contributed by atoms with van der Waals surface area (Å²) in [6, 6.07) is 3.29. The minimum Gasteiger partial charge on any atom is -0.444 e. The summed E-state index contributed by atoms with van der Waals surface area (Å²) in [6.07, 6.45) is -2.15. The summed E-state index contributed by atoms with van der Waals surface area (Å²) >= 11 is 0. The van der Waals surface area contributed by atoms with Crippen LogP contribution in [-0.4, -0.2) is 11.7 Å². The van der Waals surface area contributed by atoms with E-state index in [4.69, 9.17) is 10.5 Å². The van der Waals surface area contributed by atoms with Crippen molar-refractivity contribution in [3.8, 4) is 0 Å². The van der Waals surface area contributed by atoms with Crippen LogP contribution in [0.5, 0.6) is 0 Å². The van der Waals surface area contributed by atoms with Crippen molar-refractivity contribution in [3.05, 3.63) is 29.3 Å². The molecule has 0 spiro atoms. The molecule has 134 valence electrons. The molecule has 0 heterocycles. The van der Waals surface area contributed by atoms with Crippen LogP contribution in [0.4, 0.5) is 23.7 Å². The lowest BCUT2D eigenvalue weighted by Gasteiger charge is -2.28. The molecule has 1 aliphatic carbocycles. The third kappa shape index (κ3) is 4.41. The van der Waals surface area contributed by atoms with Gasteiger partial charge in [0.25, 0.3) is 0 Å². The smallest absolute Gasteiger partial charge is 0.416 e. The van der Waals surface area contributed by atoms with Gasteiger partial charge in [-0.25, -0.2) is 4.79 Å². The van der Waals surface area contributed by atoms with Gasteiger partial charge in [0.05, 0.1) is 5.56 Å². The van der Waals surface area contributed by atoms with Crippen LogP contribution in [0.15, 0.2) is 18.2 Å². The van der Waals surface area contributed by atoms with Crippen LogP contribution in [0, 0.1) is 0 Å². The van der Waals surface area contributed by atoms with Crippen molar-refractivity contribution in [2.45, 2.75) is 63.8 Å². The van der Waals surface area contributed by atoms with E-state index in [9.17, 15) is 18.0 Å². The Labute approximate surface area is 139 Å². The summed E-state index contributed by atoms with van der Waals surface area (Å²) in [4.78, 5) is 12.0. The quantitative estimate of drug-likeness (QED) is 0.811. The first kappa shape index (κ1) is 18.6. The molecule has 2 rings (SSSR count). The Bertz CT molecular complexity index is 615. The normalized spacial score (nSPS) is 17.6. The predicted molar refractivity (Wildman–Crippen MR) is 85.6 cm³/mol. The van der Waals surface area contributed by atoms with Gasteiger partial charge in [-0.1, -0.05) is 18.9 Å². The van der Waals surface area contributed by atoms with E-state index in [0.717, 1.165) is 25.0 Å². The van der Waals surface area contributed by atoms with E-state index in [1.807, 2.05) is 0 Å². The first-order valence-corrected chi connectivity index (χ1v) is 7.91.